The summed E-state index contributed by atoms with van der Waals surface area (Å²) in [6, 6.07) is 11.1. The topological polar surface area (TPSA) is 74.7 Å². The first-order valence-electron chi connectivity index (χ1n) is 6.55. The molecule has 0 aliphatic rings. The number of benzene rings is 1. The molecule has 108 valence electrons. The van der Waals surface area contributed by atoms with Gasteiger partial charge in [-0.15, -0.1) is 10.2 Å². The van der Waals surface area contributed by atoms with Crippen LogP contribution in [0.1, 0.15) is 11.5 Å². The number of anilines is 1. The van der Waals surface area contributed by atoms with Crippen molar-refractivity contribution in [1.82, 2.24) is 14.6 Å². The highest BCUT2D eigenvalue weighted by Gasteiger charge is 2.10. The second kappa shape index (κ2) is 5.32. The third-order valence-electron chi connectivity index (χ3n) is 3.33. The molecule has 0 unspecified atom stereocenters. The predicted molar refractivity (Wildman–Crippen MR) is 79.5 cm³/mol. The van der Waals surface area contributed by atoms with Crippen LogP contribution in [0.5, 0.6) is 11.5 Å². The summed E-state index contributed by atoms with van der Waals surface area (Å²) < 4.78 is 12.8. The first-order valence-corrected chi connectivity index (χ1v) is 6.55. The lowest BCUT2D eigenvalue weighted by Gasteiger charge is -2.09. The van der Waals surface area contributed by atoms with E-state index in [0.717, 1.165) is 17.1 Å². The Balaban J connectivity index is 1.86. The van der Waals surface area contributed by atoms with Crippen molar-refractivity contribution in [2.75, 3.05) is 12.8 Å². The average molecular weight is 284 g/mol. The van der Waals surface area contributed by atoms with Gasteiger partial charge in [0.2, 0.25) is 0 Å². The maximum atomic E-state index is 5.93. The molecule has 3 aromatic rings. The minimum Gasteiger partial charge on any atom is -0.497 e. The Hall–Kier alpha value is -2.76. The van der Waals surface area contributed by atoms with Crippen LogP contribution < -0.4 is 15.2 Å². The van der Waals surface area contributed by atoms with Gasteiger partial charge < -0.3 is 15.2 Å². The maximum absolute atomic E-state index is 5.93. The molecule has 0 aliphatic heterocycles. The first kappa shape index (κ1) is 13.2. The van der Waals surface area contributed by atoms with E-state index in [0.29, 0.717) is 23.9 Å². The molecule has 3 rings (SSSR count). The standard InChI is InChI=1S/C15H16N4O2/c1-10-13(16)6-7-14-17-18-15(19(10)14)9-21-12-5-3-4-11(8-12)20-2/h3-8H,9,16H2,1-2H3. The molecule has 2 N–H and O–H groups in total. The summed E-state index contributed by atoms with van der Waals surface area (Å²) in [5.41, 5.74) is 8.28. The van der Waals surface area contributed by atoms with Crippen LogP contribution in [0.4, 0.5) is 5.69 Å². The normalized spacial score (nSPS) is 10.8. The summed E-state index contributed by atoms with van der Waals surface area (Å²) >= 11 is 0. The molecular formula is C15H16N4O2. The van der Waals surface area contributed by atoms with Gasteiger partial charge in [0, 0.05) is 11.8 Å². The van der Waals surface area contributed by atoms with Gasteiger partial charge in [0.1, 0.15) is 18.1 Å². The van der Waals surface area contributed by atoms with Crippen LogP contribution in [-0.4, -0.2) is 21.7 Å². The number of pyridine rings is 1. The van der Waals surface area contributed by atoms with Gasteiger partial charge in [0.05, 0.1) is 12.8 Å². The van der Waals surface area contributed by atoms with Gasteiger partial charge in [-0.25, -0.2) is 0 Å². The van der Waals surface area contributed by atoms with Gasteiger partial charge in [-0.05, 0) is 31.2 Å². The molecule has 0 aliphatic carbocycles. The Morgan fingerprint density at radius 3 is 2.76 bits per heavy atom. The molecule has 0 radical (unpaired) electrons. The quantitative estimate of drug-likeness (QED) is 0.795. The smallest absolute Gasteiger partial charge is 0.175 e. The van der Waals surface area contributed by atoms with Crippen molar-refractivity contribution in [2.24, 2.45) is 0 Å². The lowest BCUT2D eigenvalue weighted by atomic mass is 10.3. The van der Waals surface area contributed by atoms with Crippen molar-refractivity contribution >= 4 is 11.3 Å². The van der Waals surface area contributed by atoms with Gasteiger partial charge in [-0.1, -0.05) is 6.07 Å². The van der Waals surface area contributed by atoms with Crippen LogP contribution >= 0.6 is 0 Å². The summed E-state index contributed by atoms with van der Waals surface area (Å²) in [6.07, 6.45) is 0. The molecule has 0 spiro atoms. The van der Waals surface area contributed by atoms with Gasteiger partial charge >= 0.3 is 0 Å². The number of nitrogens with zero attached hydrogens (tertiary/aromatic N) is 3. The molecule has 2 aromatic heterocycles. The molecule has 0 bridgehead atoms. The maximum Gasteiger partial charge on any atom is 0.175 e. The fraction of sp³-hybridized carbons (Fsp3) is 0.200. The lowest BCUT2D eigenvalue weighted by Crippen LogP contribution is -2.05. The second-order valence-corrected chi connectivity index (χ2v) is 4.65. The van der Waals surface area contributed by atoms with Crippen LogP contribution in [0, 0.1) is 6.92 Å². The van der Waals surface area contributed by atoms with Crippen molar-refractivity contribution in [2.45, 2.75) is 13.5 Å². The van der Waals surface area contributed by atoms with Gasteiger partial charge in [-0.2, -0.15) is 0 Å². The lowest BCUT2D eigenvalue weighted by molar-refractivity contribution is 0.292. The molecule has 0 saturated carbocycles. The van der Waals surface area contributed by atoms with Gasteiger partial charge in [0.25, 0.3) is 0 Å². The van der Waals surface area contributed by atoms with Crippen LogP contribution in [0.3, 0.4) is 0 Å². The molecule has 21 heavy (non-hydrogen) atoms. The fourth-order valence-corrected chi connectivity index (χ4v) is 2.15. The van der Waals surface area contributed by atoms with Crippen molar-refractivity contribution in [3.63, 3.8) is 0 Å². The number of rotatable bonds is 4. The molecule has 0 amide bonds. The Morgan fingerprint density at radius 1 is 1.14 bits per heavy atom. The summed E-state index contributed by atoms with van der Waals surface area (Å²) in [7, 11) is 1.62. The van der Waals surface area contributed by atoms with E-state index in [1.54, 1.807) is 7.11 Å². The summed E-state index contributed by atoms with van der Waals surface area (Å²) in [5.74, 6) is 2.17. The third kappa shape index (κ3) is 2.47. The molecule has 1 aromatic carbocycles. The average Bonchev–Trinajstić information content (AvgIpc) is 2.93. The van der Waals surface area contributed by atoms with Crippen LogP contribution in [0.15, 0.2) is 36.4 Å². The van der Waals surface area contributed by atoms with E-state index >= 15 is 0 Å². The molecule has 0 saturated heterocycles. The second-order valence-electron chi connectivity index (χ2n) is 4.65. The molecular weight excluding hydrogens is 268 g/mol. The zero-order valence-electron chi connectivity index (χ0n) is 11.9. The molecule has 0 fully saturated rings. The van der Waals surface area contributed by atoms with E-state index in [1.165, 1.54) is 0 Å². The minimum absolute atomic E-state index is 0.304. The van der Waals surface area contributed by atoms with E-state index in [4.69, 9.17) is 15.2 Å². The SMILES string of the molecule is COc1cccc(OCc2nnc3ccc(N)c(C)n23)c1. The summed E-state index contributed by atoms with van der Waals surface area (Å²) in [4.78, 5) is 0. The third-order valence-corrected chi connectivity index (χ3v) is 3.33. The monoisotopic (exact) mass is 284 g/mol. The molecule has 0 atom stereocenters. The number of hydrogen-bond donors (Lipinski definition) is 1. The highest BCUT2D eigenvalue weighted by atomic mass is 16.5. The molecule has 6 nitrogen and oxygen atoms in total. The van der Waals surface area contributed by atoms with Gasteiger partial charge in [-0.3, -0.25) is 4.40 Å². The highest BCUT2D eigenvalue weighted by molar-refractivity contribution is 5.52. The fourth-order valence-electron chi connectivity index (χ4n) is 2.15. The zero-order valence-corrected chi connectivity index (χ0v) is 11.9. The Morgan fingerprint density at radius 2 is 1.95 bits per heavy atom. The number of methoxy groups -OCH3 is 1. The number of nitrogens with two attached hydrogens (primary N) is 1. The van der Waals surface area contributed by atoms with E-state index in [2.05, 4.69) is 10.2 Å². The Bertz CT molecular complexity index is 782. The Labute approximate surface area is 122 Å². The van der Waals surface area contributed by atoms with Crippen molar-refractivity contribution in [3.05, 3.63) is 47.9 Å². The molecule has 6 heteroatoms. The summed E-state index contributed by atoms with van der Waals surface area (Å²) in [6.45, 7) is 2.24. The van der Waals surface area contributed by atoms with Crippen LogP contribution in [0.2, 0.25) is 0 Å². The predicted octanol–water partition coefficient (Wildman–Crippen LogP) is 2.21. The van der Waals surface area contributed by atoms with E-state index in [9.17, 15) is 0 Å². The van der Waals surface area contributed by atoms with E-state index in [-0.39, 0.29) is 0 Å². The largest absolute Gasteiger partial charge is 0.497 e. The van der Waals surface area contributed by atoms with Crippen LogP contribution in [0.25, 0.3) is 5.65 Å². The number of fused-ring (bicyclic) bond motifs is 1. The van der Waals surface area contributed by atoms with Crippen LogP contribution in [-0.2, 0) is 6.61 Å². The number of aryl methyl sites for hydroxylation is 1. The van der Waals surface area contributed by atoms with Gasteiger partial charge in [0.15, 0.2) is 11.5 Å². The first-order chi connectivity index (χ1) is 10.2. The van der Waals surface area contributed by atoms with Crippen molar-refractivity contribution in [3.8, 4) is 11.5 Å². The van der Waals surface area contributed by atoms with Crippen molar-refractivity contribution < 1.29 is 9.47 Å². The zero-order chi connectivity index (χ0) is 14.8. The number of nitrogen functional groups attached to an aromatic ring is 1. The Kier molecular flexibility index (Phi) is 3.35. The highest BCUT2D eigenvalue weighted by Crippen LogP contribution is 2.20. The molecule has 2 heterocycles. The summed E-state index contributed by atoms with van der Waals surface area (Å²) in [5, 5.41) is 8.28. The number of ether oxygens (including phenoxy) is 2. The number of aromatic nitrogens is 3. The minimum atomic E-state index is 0.304. The van der Waals surface area contributed by atoms with Crippen molar-refractivity contribution in [1.29, 1.82) is 0 Å². The number of hydrogen-bond acceptors (Lipinski definition) is 5. The van der Waals surface area contributed by atoms with E-state index in [1.807, 2.05) is 47.7 Å². The van der Waals surface area contributed by atoms with E-state index < -0.39 is 0 Å².